The minimum absolute atomic E-state index is 0.579. The van der Waals surface area contributed by atoms with Crippen molar-refractivity contribution in [1.82, 2.24) is 0 Å². The van der Waals surface area contributed by atoms with Gasteiger partial charge < -0.3 is 0 Å². The van der Waals surface area contributed by atoms with Gasteiger partial charge in [0.25, 0.3) is 0 Å². The van der Waals surface area contributed by atoms with Crippen LogP contribution >= 0.6 is 0 Å². The summed E-state index contributed by atoms with van der Waals surface area (Å²) in [5.74, 6) is 0.579. The van der Waals surface area contributed by atoms with Gasteiger partial charge >= 0.3 is 0 Å². The highest BCUT2D eigenvalue weighted by Crippen LogP contribution is 2.39. The maximum absolute atomic E-state index is 2.52. The summed E-state index contributed by atoms with van der Waals surface area (Å²) in [4.78, 5) is 0. The summed E-state index contributed by atoms with van der Waals surface area (Å²) in [6.07, 6.45) is 8.56. The topological polar surface area (TPSA) is 0 Å². The second-order valence-corrected chi connectivity index (χ2v) is 8.39. The van der Waals surface area contributed by atoms with Crippen molar-refractivity contribution in [1.29, 1.82) is 0 Å². The lowest BCUT2D eigenvalue weighted by Crippen LogP contribution is -2.06. The third-order valence-electron chi connectivity index (χ3n) is 6.54. The first-order valence-corrected chi connectivity index (χ1v) is 10.6. The van der Waals surface area contributed by atoms with E-state index in [2.05, 4.69) is 67.6 Å². The van der Waals surface area contributed by atoms with E-state index in [0.29, 0.717) is 5.92 Å². The van der Waals surface area contributed by atoms with Gasteiger partial charge in [0.2, 0.25) is 0 Å². The fourth-order valence-corrected chi connectivity index (χ4v) is 5.17. The van der Waals surface area contributed by atoms with E-state index in [-0.39, 0.29) is 0 Å². The molecule has 0 heteroatoms. The Hall–Kier alpha value is -2.34. The Bertz CT molecular complexity index is 979. The first-order chi connectivity index (χ1) is 13.3. The molecule has 136 valence electrons. The van der Waals surface area contributed by atoms with Gasteiger partial charge in [-0.3, -0.25) is 0 Å². The third kappa shape index (κ3) is 3.12. The maximum Gasteiger partial charge on any atom is -0.00805 e. The molecule has 0 aromatic heterocycles. The van der Waals surface area contributed by atoms with Crippen LogP contribution in [0.4, 0.5) is 0 Å². The van der Waals surface area contributed by atoms with Crippen molar-refractivity contribution in [3.05, 3.63) is 94.0 Å². The molecule has 2 aliphatic rings. The van der Waals surface area contributed by atoms with Crippen molar-refractivity contribution in [2.75, 3.05) is 0 Å². The van der Waals surface area contributed by atoms with Crippen LogP contribution in [0.15, 0.2) is 60.7 Å². The molecule has 0 amide bonds. The molecule has 0 fully saturated rings. The van der Waals surface area contributed by atoms with Gasteiger partial charge in [-0.1, -0.05) is 74.0 Å². The molecule has 1 unspecified atom stereocenters. The lowest BCUT2D eigenvalue weighted by molar-refractivity contribution is 0.687. The normalized spacial score (nSPS) is 17.7. The van der Waals surface area contributed by atoms with E-state index in [1.165, 1.54) is 59.9 Å². The molecular weight excluding hydrogens is 324 g/mol. The quantitative estimate of drug-likeness (QED) is 0.493. The summed E-state index contributed by atoms with van der Waals surface area (Å²) in [7, 11) is 0. The van der Waals surface area contributed by atoms with Gasteiger partial charge in [0, 0.05) is 0 Å². The van der Waals surface area contributed by atoms with Crippen molar-refractivity contribution in [2.45, 2.75) is 57.8 Å². The Morgan fingerprint density at radius 3 is 2.48 bits per heavy atom. The van der Waals surface area contributed by atoms with Crippen LogP contribution in [0.1, 0.15) is 59.1 Å². The molecule has 3 aromatic carbocycles. The van der Waals surface area contributed by atoms with Crippen LogP contribution < -0.4 is 0 Å². The lowest BCUT2D eigenvalue weighted by Gasteiger charge is -2.18. The Morgan fingerprint density at radius 2 is 1.56 bits per heavy atom. The van der Waals surface area contributed by atoms with Crippen LogP contribution in [0.25, 0.3) is 11.1 Å². The SMILES string of the molecule is CCCc1ccc2c(c1)CC(c1ccc3c(c1)CCC3)Cc1ccccc1-2. The molecule has 0 bridgehead atoms. The molecule has 0 saturated heterocycles. The average Bonchev–Trinajstić information content (AvgIpc) is 3.10. The Labute approximate surface area is 163 Å². The largest absolute Gasteiger partial charge is 0.0651 e. The number of rotatable bonds is 3. The molecule has 27 heavy (non-hydrogen) atoms. The van der Waals surface area contributed by atoms with Crippen LogP contribution in [0.2, 0.25) is 0 Å². The number of hydrogen-bond donors (Lipinski definition) is 0. The van der Waals surface area contributed by atoms with E-state index < -0.39 is 0 Å². The number of aryl methyl sites for hydroxylation is 3. The summed E-state index contributed by atoms with van der Waals surface area (Å²) < 4.78 is 0. The Kier molecular flexibility index (Phi) is 4.36. The van der Waals surface area contributed by atoms with Gasteiger partial charge in [0.15, 0.2) is 0 Å². The highest BCUT2D eigenvalue weighted by atomic mass is 14.3. The van der Waals surface area contributed by atoms with Crippen molar-refractivity contribution in [3.63, 3.8) is 0 Å². The van der Waals surface area contributed by atoms with Crippen LogP contribution in [-0.4, -0.2) is 0 Å². The summed E-state index contributed by atoms with van der Waals surface area (Å²) in [5, 5.41) is 0. The first-order valence-electron chi connectivity index (χ1n) is 10.6. The number of hydrogen-bond acceptors (Lipinski definition) is 0. The van der Waals surface area contributed by atoms with E-state index in [1.807, 2.05) is 0 Å². The molecule has 0 nitrogen and oxygen atoms in total. The van der Waals surface area contributed by atoms with Crippen LogP contribution in [-0.2, 0) is 32.1 Å². The molecule has 0 heterocycles. The summed E-state index contributed by atoms with van der Waals surface area (Å²) in [5.41, 5.74) is 12.2. The molecular formula is C27H28. The minimum Gasteiger partial charge on any atom is -0.0651 e. The van der Waals surface area contributed by atoms with Crippen LogP contribution in [0.3, 0.4) is 0 Å². The van der Waals surface area contributed by atoms with Gasteiger partial charge in [-0.15, -0.1) is 0 Å². The van der Waals surface area contributed by atoms with Gasteiger partial charge in [-0.05, 0) is 89.0 Å². The highest BCUT2D eigenvalue weighted by molar-refractivity contribution is 5.72. The molecule has 0 aliphatic heterocycles. The lowest BCUT2D eigenvalue weighted by atomic mass is 9.87. The zero-order valence-corrected chi connectivity index (χ0v) is 16.3. The Morgan fingerprint density at radius 1 is 0.741 bits per heavy atom. The van der Waals surface area contributed by atoms with Crippen molar-refractivity contribution in [2.24, 2.45) is 0 Å². The fraction of sp³-hybridized carbons (Fsp3) is 0.333. The zero-order chi connectivity index (χ0) is 18.2. The number of fused-ring (bicyclic) bond motifs is 4. The van der Waals surface area contributed by atoms with E-state index in [1.54, 1.807) is 16.7 Å². The second kappa shape index (κ2) is 7.00. The van der Waals surface area contributed by atoms with E-state index in [9.17, 15) is 0 Å². The smallest absolute Gasteiger partial charge is 0.00805 e. The van der Waals surface area contributed by atoms with E-state index in [0.717, 1.165) is 12.8 Å². The van der Waals surface area contributed by atoms with Gasteiger partial charge in [0.1, 0.15) is 0 Å². The molecule has 0 saturated carbocycles. The third-order valence-corrected chi connectivity index (χ3v) is 6.54. The van der Waals surface area contributed by atoms with Crippen LogP contribution in [0, 0.1) is 0 Å². The molecule has 1 atom stereocenters. The fourth-order valence-electron chi connectivity index (χ4n) is 5.17. The molecule has 5 rings (SSSR count). The minimum atomic E-state index is 0.579. The predicted molar refractivity (Wildman–Crippen MR) is 114 cm³/mol. The summed E-state index contributed by atoms with van der Waals surface area (Å²) in [6.45, 7) is 2.27. The van der Waals surface area contributed by atoms with Gasteiger partial charge in [0.05, 0.1) is 0 Å². The zero-order valence-electron chi connectivity index (χ0n) is 16.3. The standard InChI is InChI=1S/C27H28/c1-2-6-19-11-14-27-25(15-19)18-24(17-23-7-3-4-10-26(23)27)22-13-12-20-8-5-9-21(20)16-22/h3-4,7,10-16,24H,2,5-6,8-9,17-18H2,1H3. The van der Waals surface area contributed by atoms with Gasteiger partial charge in [-0.25, -0.2) is 0 Å². The predicted octanol–water partition coefficient (Wildman–Crippen LogP) is 6.68. The first kappa shape index (κ1) is 16.8. The average molecular weight is 353 g/mol. The van der Waals surface area contributed by atoms with Crippen molar-refractivity contribution < 1.29 is 0 Å². The van der Waals surface area contributed by atoms with Gasteiger partial charge in [-0.2, -0.15) is 0 Å². The highest BCUT2D eigenvalue weighted by Gasteiger charge is 2.23. The van der Waals surface area contributed by atoms with E-state index in [4.69, 9.17) is 0 Å². The monoisotopic (exact) mass is 352 g/mol. The number of benzene rings is 3. The Balaban J connectivity index is 1.60. The molecule has 0 N–H and O–H groups in total. The van der Waals surface area contributed by atoms with E-state index >= 15 is 0 Å². The summed E-state index contributed by atoms with van der Waals surface area (Å²) >= 11 is 0. The molecule has 0 spiro atoms. The maximum atomic E-state index is 2.52. The molecule has 0 radical (unpaired) electrons. The molecule has 3 aromatic rings. The van der Waals surface area contributed by atoms with Crippen LogP contribution in [0.5, 0.6) is 0 Å². The second-order valence-electron chi connectivity index (χ2n) is 8.39. The van der Waals surface area contributed by atoms with Crippen molar-refractivity contribution >= 4 is 0 Å². The molecule has 2 aliphatic carbocycles. The summed E-state index contributed by atoms with van der Waals surface area (Å²) in [6, 6.07) is 23.6. The van der Waals surface area contributed by atoms with Crippen molar-refractivity contribution in [3.8, 4) is 11.1 Å².